The summed E-state index contributed by atoms with van der Waals surface area (Å²) in [4.78, 5) is 18.6. The number of amides is 1. The van der Waals surface area contributed by atoms with E-state index in [1.165, 1.54) is 12.3 Å². The van der Waals surface area contributed by atoms with E-state index in [0.717, 1.165) is 97.1 Å². The van der Waals surface area contributed by atoms with Crippen LogP contribution >= 0.6 is 0 Å². The molecule has 0 bridgehead atoms. The first-order valence-corrected chi connectivity index (χ1v) is 17.7. The molecule has 6 aromatic carbocycles. The summed E-state index contributed by atoms with van der Waals surface area (Å²) in [6, 6.07) is 24.5. The molecule has 0 spiro atoms. The summed E-state index contributed by atoms with van der Waals surface area (Å²) in [6.45, 7) is -0.0332. The van der Waals surface area contributed by atoms with Crippen molar-refractivity contribution in [2.24, 2.45) is 0 Å². The number of carbonyl (C=O) groups is 1. The highest BCUT2D eigenvalue weighted by Gasteiger charge is 2.35. The van der Waals surface area contributed by atoms with Crippen molar-refractivity contribution in [1.29, 1.82) is 0 Å². The van der Waals surface area contributed by atoms with Crippen LogP contribution in [0.15, 0.2) is 140 Å². The van der Waals surface area contributed by atoms with Crippen molar-refractivity contribution in [3.63, 3.8) is 0 Å². The first kappa shape index (κ1) is 41.5. The van der Waals surface area contributed by atoms with Crippen LogP contribution in [-0.4, -0.2) is 10.9 Å². The van der Waals surface area contributed by atoms with E-state index in [-0.39, 0.29) is 67.5 Å². The van der Waals surface area contributed by atoms with E-state index in [9.17, 15) is 57.5 Å². The van der Waals surface area contributed by atoms with Gasteiger partial charge in [-0.25, -0.2) is 0 Å². The van der Waals surface area contributed by atoms with E-state index in [1.807, 2.05) is 0 Å². The van der Waals surface area contributed by atoms with E-state index in [2.05, 4.69) is 10.3 Å². The zero-order valence-electron chi connectivity index (χ0n) is 30.4. The van der Waals surface area contributed by atoms with Gasteiger partial charge in [-0.2, -0.15) is 52.7 Å². The monoisotopic (exact) mass is 838 g/mol. The fourth-order valence-corrected chi connectivity index (χ4v) is 6.94. The van der Waals surface area contributed by atoms with E-state index in [4.69, 9.17) is 0 Å². The fraction of sp³-hybridized carbons (Fsp3) is 0.111. The van der Waals surface area contributed by atoms with Gasteiger partial charge in [0.15, 0.2) is 0 Å². The summed E-state index contributed by atoms with van der Waals surface area (Å²) in [5.74, 6) is -0.809. The van der Waals surface area contributed by atoms with Gasteiger partial charge >= 0.3 is 24.7 Å². The number of halogens is 12. The van der Waals surface area contributed by atoms with Gasteiger partial charge in [-0.3, -0.25) is 9.78 Å². The third-order valence-corrected chi connectivity index (χ3v) is 9.73. The first-order valence-electron chi connectivity index (χ1n) is 17.7. The Hall–Kier alpha value is -6.64. The van der Waals surface area contributed by atoms with Gasteiger partial charge in [-0.1, -0.05) is 78.9 Å². The van der Waals surface area contributed by atoms with Gasteiger partial charge in [0.1, 0.15) is 5.69 Å². The van der Waals surface area contributed by atoms with Crippen LogP contribution in [-0.2, 0) is 31.2 Å². The van der Waals surface area contributed by atoms with Gasteiger partial charge in [-0.15, -0.1) is 0 Å². The lowest BCUT2D eigenvalue weighted by Crippen LogP contribution is -2.24. The number of nitrogens with one attached hydrogen (secondary N) is 1. The number of pyridine rings is 1. The van der Waals surface area contributed by atoms with Gasteiger partial charge < -0.3 is 5.32 Å². The topological polar surface area (TPSA) is 42.0 Å². The fourth-order valence-electron chi connectivity index (χ4n) is 6.94. The van der Waals surface area contributed by atoms with E-state index in [0.29, 0.717) is 5.56 Å². The molecule has 1 aromatic heterocycles. The minimum absolute atomic E-state index is 0.00486. The number of rotatable bonds is 7. The maximum atomic E-state index is 14.2. The molecule has 1 amide bonds. The van der Waals surface area contributed by atoms with E-state index >= 15 is 0 Å². The van der Waals surface area contributed by atoms with E-state index < -0.39 is 52.9 Å². The Morgan fingerprint density at radius 2 is 0.783 bits per heavy atom. The molecule has 0 saturated carbocycles. The SMILES string of the molecule is O=C(NCc1ccccc1)c1nccc2c(-c3ccc(C(F)(F)F)cc3)c(-c3ccc(C(F)(F)F)cc3)c(-c3ccc(C(F)(F)F)cc3)c(-c3ccc(C(F)(F)F)cc3)c12. The molecule has 0 fully saturated rings. The lowest BCUT2D eigenvalue weighted by atomic mass is 9.78. The molecule has 1 N–H and O–H groups in total. The maximum absolute atomic E-state index is 14.2. The number of fused-ring (bicyclic) bond motifs is 1. The second kappa shape index (κ2) is 15.5. The van der Waals surface area contributed by atoms with Crippen LogP contribution < -0.4 is 5.32 Å². The smallest absolute Gasteiger partial charge is 0.347 e. The van der Waals surface area contributed by atoms with Gasteiger partial charge in [0.05, 0.1) is 22.3 Å². The minimum atomic E-state index is -4.83. The lowest BCUT2D eigenvalue weighted by Gasteiger charge is -2.25. The number of hydrogen-bond donors (Lipinski definition) is 1. The molecule has 0 aliphatic heterocycles. The predicted octanol–water partition coefficient (Wildman–Crippen LogP) is 13.9. The summed E-state index contributed by atoms with van der Waals surface area (Å²) in [7, 11) is 0. The normalized spacial score (nSPS) is 12.5. The van der Waals surface area contributed by atoms with Crippen molar-refractivity contribution in [3.8, 4) is 44.5 Å². The summed E-state index contributed by atoms with van der Waals surface area (Å²) < 4.78 is 167. The molecule has 0 unspecified atom stereocenters. The average molecular weight is 839 g/mol. The van der Waals surface area contributed by atoms with Crippen molar-refractivity contribution in [3.05, 3.63) is 173 Å². The first-order chi connectivity index (χ1) is 28.2. The summed E-state index contributed by atoms with van der Waals surface area (Å²) >= 11 is 0. The van der Waals surface area contributed by atoms with Crippen molar-refractivity contribution in [1.82, 2.24) is 10.3 Å². The van der Waals surface area contributed by atoms with Crippen LogP contribution in [0.5, 0.6) is 0 Å². The molecule has 306 valence electrons. The van der Waals surface area contributed by atoms with Crippen LogP contribution in [0.25, 0.3) is 55.3 Å². The number of nitrogens with zero attached hydrogens (tertiary/aromatic N) is 1. The number of aromatic nitrogens is 1. The highest BCUT2D eigenvalue weighted by Crippen LogP contribution is 2.52. The van der Waals surface area contributed by atoms with Gasteiger partial charge in [0.2, 0.25) is 0 Å². The summed E-state index contributed by atoms with van der Waals surface area (Å²) in [5.41, 5.74) is -4.10. The quantitative estimate of drug-likeness (QED) is 0.163. The molecular formula is C45H26F12N2O. The van der Waals surface area contributed by atoms with Crippen LogP contribution in [0.4, 0.5) is 52.7 Å². The Bertz CT molecular complexity index is 2670. The molecule has 7 rings (SSSR count). The molecule has 0 atom stereocenters. The molecular weight excluding hydrogens is 812 g/mol. The van der Waals surface area contributed by atoms with Crippen molar-refractivity contribution >= 4 is 16.7 Å². The van der Waals surface area contributed by atoms with Gasteiger partial charge in [-0.05, 0) is 104 Å². The molecule has 0 saturated heterocycles. The van der Waals surface area contributed by atoms with Crippen LogP contribution in [0.2, 0.25) is 0 Å². The second-order valence-electron chi connectivity index (χ2n) is 13.6. The standard InChI is InChI=1S/C45H26F12N2O/c46-42(47,48)30-14-6-26(7-15-30)35-34-22-23-58-40(41(60)59-24-25-4-2-1-3-5-25)39(34)38(29-12-20-33(21-13-29)45(55,56)57)37(28-10-18-32(19-11-28)44(52,53)54)36(35)27-8-16-31(17-9-27)43(49,50)51/h1-23H,24H2,(H,59,60). The number of benzene rings is 6. The van der Waals surface area contributed by atoms with Gasteiger partial charge in [0, 0.05) is 23.7 Å². The Morgan fingerprint density at radius 3 is 1.17 bits per heavy atom. The van der Waals surface area contributed by atoms with Gasteiger partial charge in [0.25, 0.3) is 5.91 Å². The van der Waals surface area contributed by atoms with Crippen molar-refractivity contribution in [2.75, 3.05) is 0 Å². The molecule has 0 radical (unpaired) electrons. The molecule has 1 heterocycles. The van der Waals surface area contributed by atoms with Crippen molar-refractivity contribution in [2.45, 2.75) is 31.2 Å². The molecule has 0 aliphatic carbocycles. The highest BCUT2D eigenvalue weighted by atomic mass is 19.4. The minimum Gasteiger partial charge on any atom is -0.347 e. The molecule has 15 heteroatoms. The molecule has 7 aromatic rings. The third-order valence-electron chi connectivity index (χ3n) is 9.73. The number of alkyl halides is 12. The number of carbonyl (C=O) groups excluding carboxylic acids is 1. The summed E-state index contributed by atoms with van der Waals surface area (Å²) in [6.07, 6.45) is -18.0. The predicted molar refractivity (Wildman–Crippen MR) is 201 cm³/mol. The second-order valence-corrected chi connectivity index (χ2v) is 13.6. The Labute approximate surface area is 333 Å². The highest BCUT2D eigenvalue weighted by molar-refractivity contribution is 6.22. The average Bonchev–Trinajstić information content (AvgIpc) is 3.21. The zero-order valence-corrected chi connectivity index (χ0v) is 30.4. The Kier molecular flexibility index (Phi) is 10.7. The third kappa shape index (κ3) is 8.42. The largest absolute Gasteiger partial charge is 0.416 e. The Balaban J connectivity index is 1.67. The molecule has 60 heavy (non-hydrogen) atoms. The molecule has 3 nitrogen and oxygen atoms in total. The Morgan fingerprint density at radius 1 is 0.433 bits per heavy atom. The number of hydrogen-bond acceptors (Lipinski definition) is 2. The van der Waals surface area contributed by atoms with Crippen LogP contribution in [0.3, 0.4) is 0 Å². The van der Waals surface area contributed by atoms with Crippen LogP contribution in [0.1, 0.15) is 38.3 Å². The van der Waals surface area contributed by atoms with Crippen molar-refractivity contribution < 1.29 is 57.5 Å². The van der Waals surface area contributed by atoms with E-state index in [1.54, 1.807) is 30.3 Å². The lowest BCUT2D eigenvalue weighted by molar-refractivity contribution is -0.138. The maximum Gasteiger partial charge on any atom is 0.416 e. The zero-order chi connectivity index (χ0) is 43.2. The van der Waals surface area contributed by atoms with Crippen LogP contribution in [0, 0.1) is 0 Å². The molecule has 0 aliphatic rings. The summed E-state index contributed by atoms with van der Waals surface area (Å²) in [5, 5.41) is 2.75.